The number of anilines is 2. The second kappa shape index (κ2) is 5.13. The molecular formula is C12H11N3O3. The summed E-state index contributed by atoms with van der Waals surface area (Å²) in [5, 5.41) is 11.7. The molecule has 6 heteroatoms. The SMILES string of the molecule is COc1ccc(Nc2cnc(C(=O)O)cn2)cc1. The number of ether oxygens (including phenoxy) is 1. The second-order valence-electron chi connectivity index (χ2n) is 3.45. The lowest BCUT2D eigenvalue weighted by Crippen LogP contribution is -2.02. The Morgan fingerprint density at radius 2 is 1.94 bits per heavy atom. The van der Waals surface area contributed by atoms with Crippen LogP contribution in [0.3, 0.4) is 0 Å². The van der Waals surface area contributed by atoms with Crippen LogP contribution in [-0.2, 0) is 0 Å². The molecule has 0 saturated heterocycles. The predicted octanol–water partition coefficient (Wildman–Crippen LogP) is 1.93. The first-order chi connectivity index (χ1) is 8.69. The van der Waals surface area contributed by atoms with E-state index in [1.807, 2.05) is 12.1 Å². The number of aromatic nitrogens is 2. The molecule has 0 atom stereocenters. The van der Waals surface area contributed by atoms with E-state index in [1.54, 1.807) is 19.2 Å². The molecule has 18 heavy (non-hydrogen) atoms. The Morgan fingerprint density at radius 3 is 2.44 bits per heavy atom. The van der Waals surface area contributed by atoms with E-state index < -0.39 is 5.97 Å². The molecule has 1 aromatic heterocycles. The van der Waals surface area contributed by atoms with E-state index in [9.17, 15) is 4.79 Å². The molecule has 6 nitrogen and oxygen atoms in total. The number of hydrogen-bond donors (Lipinski definition) is 2. The van der Waals surface area contributed by atoms with Crippen LogP contribution in [0, 0.1) is 0 Å². The van der Waals surface area contributed by atoms with Crippen molar-refractivity contribution in [3.8, 4) is 5.75 Å². The lowest BCUT2D eigenvalue weighted by Gasteiger charge is -2.06. The monoisotopic (exact) mass is 245 g/mol. The van der Waals surface area contributed by atoms with Crippen LogP contribution in [0.5, 0.6) is 5.75 Å². The summed E-state index contributed by atoms with van der Waals surface area (Å²) in [5.41, 5.74) is 0.725. The minimum absolute atomic E-state index is 0.0877. The van der Waals surface area contributed by atoms with Gasteiger partial charge in [0.05, 0.1) is 19.5 Å². The number of benzene rings is 1. The summed E-state index contributed by atoms with van der Waals surface area (Å²) >= 11 is 0. The lowest BCUT2D eigenvalue weighted by molar-refractivity contribution is 0.0690. The van der Waals surface area contributed by atoms with Gasteiger partial charge < -0.3 is 15.2 Å². The fraction of sp³-hybridized carbons (Fsp3) is 0.0833. The normalized spacial score (nSPS) is 9.83. The van der Waals surface area contributed by atoms with Gasteiger partial charge in [-0.25, -0.2) is 14.8 Å². The summed E-state index contributed by atoms with van der Waals surface area (Å²) in [4.78, 5) is 18.3. The first kappa shape index (κ1) is 11.8. The van der Waals surface area contributed by atoms with Gasteiger partial charge in [0.15, 0.2) is 5.69 Å². The lowest BCUT2D eigenvalue weighted by atomic mass is 10.3. The average Bonchev–Trinajstić information content (AvgIpc) is 2.40. The van der Waals surface area contributed by atoms with Crippen LogP contribution in [0.2, 0.25) is 0 Å². The molecule has 2 N–H and O–H groups in total. The van der Waals surface area contributed by atoms with Gasteiger partial charge in [0.25, 0.3) is 0 Å². The number of nitrogens with zero attached hydrogens (tertiary/aromatic N) is 2. The molecule has 0 fully saturated rings. The molecule has 0 spiro atoms. The van der Waals surface area contributed by atoms with Crippen LogP contribution >= 0.6 is 0 Å². The van der Waals surface area contributed by atoms with Crippen molar-refractivity contribution in [2.45, 2.75) is 0 Å². The van der Waals surface area contributed by atoms with Crippen LogP contribution < -0.4 is 10.1 Å². The Labute approximate surface area is 103 Å². The fourth-order valence-corrected chi connectivity index (χ4v) is 1.33. The second-order valence-corrected chi connectivity index (χ2v) is 3.45. The molecule has 92 valence electrons. The highest BCUT2D eigenvalue weighted by Crippen LogP contribution is 2.18. The van der Waals surface area contributed by atoms with Crippen molar-refractivity contribution in [2.24, 2.45) is 0 Å². The van der Waals surface area contributed by atoms with Crippen LogP contribution in [0.15, 0.2) is 36.7 Å². The van der Waals surface area contributed by atoms with Crippen molar-refractivity contribution < 1.29 is 14.6 Å². The smallest absolute Gasteiger partial charge is 0.356 e. The third-order valence-corrected chi connectivity index (χ3v) is 2.23. The van der Waals surface area contributed by atoms with Crippen LogP contribution in [0.4, 0.5) is 11.5 Å². The molecule has 2 aromatic rings. The highest BCUT2D eigenvalue weighted by Gasteiger charge is 2.04. The zero-order valence-electron chi connectivity index (χ0n) is 9.62. The number of carboxylic acid groups (broad SMARTS) is 1. The molecule has 0 amide bonds. The Bertz CT molecular complexity index is 537. The molecule has 0 bridgehead atoms. The molecule has 2 rings (SSSR count). The van der Waals surface area contributed by atoms with Gasteiger partial charge in [-0.2, -0.15) is 0 Å². The highest BCUT2D eigenvalue weighted by molar-refractivity contribution is 5.85. The molecule has 0 aliphatic heterocycles. The minimum atomic E-state index is -1.10. The number of hydrogen-bond acceptors (Lipinski definition) is 5. The summed E-state index contributed by atoms with van der Waals surface area (Å²) in [6, 6.07) is 7.26. The zero-order valence-corrected chi connectivity index (χ0v) is 9.62. The number of methoxy groups -OCH3 is 1. The molecule has 1 aromatic carbocycles. The van der Waals surface area contributed by atoms with Crippen molar-refractivity contribution in [1.82, 2.24) is 9.97 Å². The van der Waals surface area contributed by atoms with Gasteiger partial charge in [-0.3, -0.25) is 0 Å². The van der Waals surface area contributed by atoms with Crippen molar-refractivity contribution in [1.29, 1.82) is 0 Å². The molecule has 0 saturated carbocycles. The maximum absolute atomic E-state index is 10.6. The van der Waals surface area contributed by atoms with Crippen LogP contribution in [-0.4, -0.2) is 28.2 Å². The summed E-state index contributed by atoms with van der Waals surface area (Å²) in [7, 11) is 1.60. The third kappa shape index (κ3) is 2.73. The van der Waals surface area contributed by atoms with E-state index >= 15 is 0 Å². The summed E-state index contributed by atoms with van der Waals surface area (Å²) < 4.78 is 5.04. The largest absolute Gasteiger partial charge is 0.497 e. The molecule has 1 heterocycles. The zero-order chi connectivity index (χ0) is 13.0. The summed E-state index contributed by atoms with van der Waals surface area (Å²) in [5.74, 6) is 0.136. The molecular weight excluding hydrogens is 234 g/mol. The minimum Gasteiger partial charge on any atom is -0.497 e. The maximum atomic E-state index is 10.6. The molecule has 0 radical (unpaired) electrons. The van der Waals surface area contributed by atoms with Gasteiger partial charge in [0.1, 0.15) is 11.6 Å². The Kier molecular flexibility index (Phi) is 3.38. The quantitative estimate of drug-likeness (QED) is 0.856. The summed E-state index contributed by atoms with van der Waals surface area (Å²) in [6.45, 7) is 0. The average molecular weight is 245 g/mol. The van der Waals surface area contributed by atoms with Crippen molar-refractivity contribution in [2.75, 3.05) is 12.4 Å². The van der Waals surface area contributed by atoms with Gasteiger partial charge in [-0.05, 0) is 24.3 Å². The van der Waals surface area contributed by atoms with E-state index in [-0.39, 0.29) is 5.69 Å². The molecule has 0 aliphatic rings. The van der Waals surface area contributed by atoms with Crippen molar-refractivity contribution >= 4 is 17.5 Å². The van der Waals surface area contributed by atoms with Gasteiger partial charge in [0.2, 0.25) is 0 Å². The third-order valence-electron chi connectivity index (χ3n) is 2.23. The molecule has 0 aliphatic carbocycles. The van der Waals surface area contributed by atoms with E-state index in [4.69, 9.17) is 9.84 Å². The van der Waals surface area contributed by atoms with Crippen molar-refractivity contribution in [3.63, 3.8) is 0 Å². The number of carbonyl (C=O) groups is 1. The Morgan fingerprint density at radius 1 is 1.22 bits per heavy atom. The number of carboxylic acids is 1. The van der Waals surface area contributed by atoms with Crippen LogP contribution in [0.1, 0.15) is 10.5 Å². The number of aromatic carboxylic acids is 1. The predicted molar refractivity (Wildman–Crippen MR) is 65.3 cm³/mol. The maximum Gasteiger partial charge on any atom is 0.356 e. The fourth-order valence-electron chi connectivity index (χ4n) is 1.33. The summed E-state index contributed by atoms with van der Waals surface area (Å²) in [6.07, 6.45) is 2.57. The Hall–Kier alpha value is -2.63. The number of rotatable bonds is 4. The van der Waals surface area contributed by atoms with Gasteiger partial charge in [-0.15, -0.1) is 0 Å². The van der Waals surface area contributed by atoms with Crippen molar-refractivity contribution in [3.05, 3.63) is 42.4 Å². The van der Waals surface area contributed by atoms with E-state index in [0.29, 0.717) is 5.82 Å². The number of nitrogens with one attached hydrogen (secondary N) is 1. The topological polar surface area (TPSA) is 84.3 Å². The first-order valence-corrected chi connectivity index (χ1v) is 5.15. The molecule has 0 unspecified atom stereocenters. The van der Waals surface area contributed by atoms with Gasteiger partial charge in [-0.1, -0.05) is 0 Å². The van der Waals surface area contributed by atoms with E-state index in [0.717, 1.165) is 11.4 Å². The first-order valence-electron chi connectivity index (χ1n) is 5.15. The van der Waals surface area contributed by atoms with E-state index in [1.165, 1.54) is 12.4 Å². The van der Waals surface area contributed by atoms with Gasteiger partial charge in [0, 0.05) is 5.69 Å². The highest BCUT2D eigenvalue weighted by atomic mass is 16.5. The Balaban J connectivity index is 2.10. The standard InChI is InChI=1S/C12H11N3O3/c1-18-9-4-2-8(3-5-9)15-11-7-13-10(6-14-11)12(16)17/h2-7H,1H3,(H,14,15)(H,16,17). The van der Waals surface area contributed by atoms with Gasteiger partial charge >= 0.3 is 5.97 Å². The van der Waals surface area contributed by atoms with E-state index in [2.05, 4.69) is 15.3 Å². The van der Waals surface area contributed by atoms with Crippen LogP contribution in [0.25, 0.3) is 0 Å².